The Labute approximate surface area is 141 Å². The number of rotatable bonds is 4. The summed E-state index contributed by atoms with van der Waals surface area (Å²) in [5.41, 5.74) is 2.90. The Morgan fingerprint density at radius 3 is 2.46 bits per heavy atom. The predicted octanol–water partition coefficient (Wildman–Crippen LogP) is 2.34. The van der Waals surface area contributed by atoms with E-state index in [1.807, 2.05) is 0 Å². The van der Waals surface area contributed by atoms with Crippen molar-refractivity contribution in [2.45, 2.75) is 0 Å². The van der Waals surface area contributed by atoms with Gasteiger partial charge in [-0.15, -0.1) is 0 Å². The highest BCUT2D eigenvalue weighted by molar-refractivity contribution is 6.39. The summed E-state index contributed by atoms with van der Waals surface area (Å²) in [4.78, 5) is 33.3. The van der Waals surface area contributed by atoms with Crippen LogP contribution >= 0.6 is 11.6 Å². The van der Waals surface area contributed by atoms with E-state index in [2.05, 4.69) is 15.8 Å². The fourth-order valence-corrected chi connectivity index (χ4v) is 1.84. The molecule has 0 unspecified atom stereocenters. The van der Waals surface area contributed by atoms with E-state index in [1.165, 1.54) is 36.5 Å². The number of hydrogen-bond donors (Lipinski definition) is 2. The van der Waals surface area contributed by atoms with Gasteiger partial charge in [0.1, 0.15) is 0 Å². The smallest absolute Gasteiger partial charge is 0.318 e. The topological polar surface area (TPSA) is 114 Å². The molecule has 8 nitrogen and oxygen atoms in total. The lowest BCUT2D eigenvalue weighted by atomic mass is 10.2. The first-order chi connectivity index (χ1) is 11.5. The number of nitro groups is 1. The molecule has 0 fully saturated rings. The van der Waals surface area contributed by atoms with Crippen LogP contribution in [0, 0.1) is 10.1 Å². The molecule has 0 bridgehead atoms. The predicted molar refractivity (Wildman–Crippen MR) is 88.9 cm³/mol. The van der Waals surface area contributed by atoms with Crippen molar-refractivity contribution >= 4 is 41.0 Å². The van der Waals surface area contributed by atoms with Crippen molar-refractivity contribution in [3.63, 3.8) is 0 Å². The Balaban J connectivity index is 1.89. The molecular formula is C15H11ClN4O4. The minimum absolute atomic E-state index is 0.0583. The van der Waals surface area contributed by atoms with Gasteiger partial charge in [0, 0.05) is 22.8 Å². The summed E-state index contributed by atoms with van der Waals surface area (Å²) < 4.78 is 0. The van der Waals surface area contributed by atoms with Crippen LogP contribution in [0.1, 0.15) is 5.56 Å². The maximum Gasteiger partial charge on any atom is 0.329 e. The van der Waals surface area contributed by atoms with E-state index in [0.717, 1.165) is 0 Å². The molecule has 2 rings (SSSR count). The van der Waals surface area contributed by atoms with Gasteiger partial charge in [0.2, 0.25) is 0 Å². The van der Waals surface area contributed by atoms with Crippen LogP contribution in [0.5, 0.6) is 0 Å². The Bertz CT molecular complexity index is 805. The fourth-order valence-electron chi connectivity index (χ4n) is 1.65. The van der Waals surface area contributed by atoms with Crippen LogP contribution in [0.3, 0.4) is 0 Å². The molecule has 2 aromatic carbocycles. The molecule has 0 atom stereocenters. The zero-order valence-corrected chi connectivity index (χ0v) is 12.9. The van der Waals surface area contributed by atoms with E-state index >= 15 is 0 Å². The second-order valence-corrected chi connectivity index (χ2v) is 4.95. The Kier molecular flexibility index (Phi) is 5.58. The van der Waals surface area contributed by atoms with Gasteiger partial charge in [-0.2, -0.15) is 5.10 Å². The van der Waals surface area contributed by atoms with Crippen molar-refractivity contribution in [1.82, 2.24) is 5.43 Å². The first kappa shape index (κ1) is 17.1. The molecule has 0 saturated heterocycles. The highest BCUT2D eigenvalue weighted by atomic mass is 35.5. The second-order valence-electron chi connectivity index (χ2n) is 4.51. The number of amides is 2. The lowest BCUT2D eigenvalue weighted by molar-refractivity contribution is -0.384. The number of nitrogens with one attached hydrogen (secondary N) is 2. The van der Waals surface area contributed by atoms with Crippen LogP contribution in [0.4, 0.5) is 11.4 Å². The highest BCUT2D eigenvalue weighted by Crippen LogP contribution is 2.14. The molecule has 0 aliphatic carbocycles. The molecule has 0 aliphatic heterocycles. The first-order valence-electron chi connectivity index (χ1n) is 6.60. The van der Waals surface area contributed by atoms with Crippen molar-refractivity contribution in [3.05, 3.63) is 69.2 Å². The molecule has 122 valence electrons. The molecule has 2 N–H and O–H groups in total. The van der Waals surface area contributed by atoms with Gasteiger partial charge in [-0.25, -0.2) is 5.43 Å². The number of nitro benzene ring substituents is 1. The molecule has 0 spiro atoms. The number of halogens is 1. The summed E-state index contributed by atoms with van der Waals surface area (Å²) in [5.74, 6) is -1.87. The number of non-ortho nitro benzene ring substituents is 1. The maximum absolute atomic E-state index is 11.7. The summed E-state index contributed by atoms with van der Waals surface area (Å²) in [5, 5.41) is 16.9. The number of carbonyl (C=O) groups is 2. The van der Waals surface area contributed by atoms with Crippen molar-refractivity contribution in [1.29, 1.82) is 0 Å². The Morgan fingerprint density at radius 2 is 1.83 bits per heavy atom. The molecule has 24 heavy (non-hydrogen) atoms. The third kappa shape index (κ3) is 4.89. The van der Waals surface area contributed by atoms with Crippen LogP contribution in [-0.4, -0.2) is 23.0 Å². The molecular weight excluding hydrogens is 336 g/mol. The number of hydrogen-bond acceptors (Lipinski definition) is 5. The Morgan fingerprint density at radius 1 is 1.12 bits per heavy atom. The van der Waals surface area contributed by atoms with Crippen molar-refractivity contribution in [3.8, 4) is 0 Å². The zero-order valence-electron chi connectivity index (χ0n) is 12.1. The van der Waals surface area contributed by atoms with Crippen molar-refractivity contribution < 1.29 is 14.5 Å². The van der Waals surface area contributed by atoms with Gasteiger partial charge in [0.05, 0.1) is 11.1 Å². The monoisotopic (exact) mass is 346 g/mol. The normalized spacial score (nSPS) is 10.4. The number of anilines is 1. The first-order valence-corrected chi connectivity index (χ1v) is 6.98. The summed E-state index contributed by atoms with van der Waals surface area (Å²) in [6, 6.07) is 11.8. The summed E-state index contributed by atoms with van der Waals surface area (Å²) in [6.07, 6.45) is 1.26. The van der Waals surface area contributed by atoms with Gasteiger partial charge in [0.15, 0.2) is 0 Å². The van der Waals surface area contributed by atoms with E-state index in [9.17, 15) is 19.7 Å². The molecule has 2 aromatic rings. The average molecular weight is 347 g/mol. The fraction of sp³-hybridized carbons (Fsp3) is 0. The molecule has 0 aromatic heterocycles. The number of carbonyl (C=O) groups excluding carboxylic acids is 2. The summed E-state index contributed by atoms with van der Waals surface area (Å²) in [7, 11) is 0. The highest BCUT2D eigenvalue weighted by Gasteiger charge is 2.12. The third-order valence-electron chi connectivity index (χ3n) is 2.77. The second kappa shape index (κ2) is 7.84. The third-order valence-corrected chi connectivity index (χ3v) is 3.01. The molecule has 0 saturated carbocycles. The zero-order chi connectivity index (χ0) is 17.5. The van der Waals surface area contributed by atoms with Crippen LogP contribution in [-0.2, 0) is 9.59 Å². The van der Waals surface area contributed by atoms with E-state index in [4.69, 9.17) is 11.6 Å². The lowest BCUT2D eigenvalue weighted by Gasteiger charge is -2.03. The van der Waals surface area contributed by atoms with Gasteiger partial charge >= 0.3 is 11.8 Å². The standard InChI is InChI=1S/C15H11ClN4O4/c16-11-2-1-3-12(8-11)18-14(21)15(22)19-17-9-10-4-6-13(7-5-10)20(23)24/h1-9H,(H,18,21)(H,19,22). The van der Waals surface area contributed by atoms with Crippen LogP contribution in [0.15, 0.2) is 53.6 Å². The van der Waals surface area contributed by atoms with Crippen molar-refractivity contribution in [2.24, 2.45) is 5.10 Å². The number of hydrazone groups is 1. The molecule has 0 radical (unpaired) electrons. The maximum atomic E-state index is 11.7. The van der Waals surface area contributed by atoms with Crippen molar-refractivity contribution in [2.75, 3.05) is 5.32 Å². The van der Waals surface area contributed by atoms with Gasteiger partial charge in [0.25, 0.3) is 5.69 Å². The van der Waals surface area contributed by atoms with Crippen LogP contribution in [0.2, 0.25) is 5.02 Å². The summed E-state index contributed by atoms with van der Waals surface area (Å²) in [6.45, 7) is 0. The SMILES string of the molecule is O=C(NN=Cc1ccc([N+](=O)[O-])cc1)C(=O)Nc1cccc(Cl)c1. The molecule has 2 amide bonds. The van der Waals surface area contributed by atoms with E-state index < -0.39 is 16.7 Å². The lowest BCUT2D eigenvalue weighted by Crippen LogP contribution is -2.32. The molecule has 0 heterocycles. The largest absolute Gasteiger partial charge is 0.329 e. The van der Waals surface area contributed by atoms with Gasteiger partial charge in [-0.1, -0.05) is 17.7 Å². The van der Waals surface area contributed by atoms with Gasteiger partial charge < -0.3 is 5.32 Å². The van der Waals surface area contributed by atoms with E-state index in [1.54, 1.807) is 18.2 Å². The summed E-state index contributed by atoms with van der Waals surface area (Å²) >= 11 is 5.77. The number of nitrogens with zero attached hydrogens (tertiary/aromatic N) is 2. The van der Waals surface area contributed by atoms with Crippen LogP contribution < -0.4 is 10.7 Å². The minimum atomic E-state index is -0.965. The minimum Gasteiger partial charge on any atom is -0.318 e. The molecule has 9 heteroatoms. The Hall–Kier alpha value is -3.26. The van der Waals surface area contributed by atoms with Gasteiger partial charge in [-0.3, -0.25) is 19.7 Å². The quantitative estimate of drug-likeness (QED) is 0.382. The average Bonchev–Trinajstić information content (AvgIpc) is 2.55. The van der Waals surface area contributed by atoms with Crippen LogP contribution in [0.25, 0.3) is 0 Å². The van der Waals surface area contributed by atoms with Gasteiger partial charge in [-0.05, 0) is 35.9 Å². The van der Waals surface area contributed by atoms with E-state index in [0.29, 0.717) is 16.3 Å². The van der Waals surface area contributed by atoms with E-state index in [-0.39, 0.29) is 5.69 Å². The number of benzene rings is 2. The molecule has 0 aliphatic rings.